The zero-order valence-electron chi connectivity index (χ0n) is 10.4. The van der Waals surface area contributed by atoms with Gasteiger partial charge in [-0.3, -0.25) is 0 Å². The number of methoxy groups -OCH3 is 1. The van der Waals surface area contributed by atoms with E-state index in [1.54, 1.807) is 0 Å². The lowest BCUT2D eigenvalue weighted by molar-refractivity contribution is 0.0855. The molecule has 2 nitrogen and oxygen atoms in total. The summed E-state index contributed by atoms with van der Waals surface area (Å²) < 4.78 is 5.42. The smallest absolute Gasteiger partial charge is 0.0571 e. The topological polar surface area (TPSA) is 21.3 Å². The molecule has 0 heterocycles. The normalized spacial score (nSPS) is 18.8. The summed E-state index contributed by atoms with van der Waals surface area (Å²) in [6.45, 7) is 4.63. The highest BCUT2D eigenvalue weighted by molar-refractivity contribution is 4.71. The summed E-state index contributed by atoms with van der Waals surface area (Å²) >= 11 is 0. The molecule has 1 fully saturated rings. The van der Waals surface area contributed by atoms with Gasteiger partial charge in [0.15, 0.2) is 0 Å². The molecular formula is C13H27NO. The van der Waals surface area contributed by atoms with E-state index in [9.17, 15) is 0 Å². The predicted octanol–water partition coefficient (Wildman–Crippen LogP) is 2.97. The second kappa shape index (κ2) is 8.12. The third kappa shape index (κ3) is 5.53. The van der Waals surface area contributed by atoms with Gasteiger partial charge in [0.2, 0.25) is 0 Å². The summed E-state index contributed by atoms with van der Waals surface area (Å²) in [5.74, 6) is 0.985. The Hall–Kier alpha value is -0.0800. The molecule has 0 saturated heterocycles. The number of hydrogen-bond donors (Lipinski definition) is 1. The van der Waals surface area contributed by atoms with Crippen molar-refractivity contribution in [1.82, 2.24) is 5.32 Å². The van der Waals surface area contributed by atoms with Crippen LogP contribution in [0.4, 0.5) is 0 Å². The molecule has 0 aromatic rings. The minimum absolute atomic E-state index is 0.487. The molecule has 0 bridgehead atoms. The van der Waals surface area contributed by atoms with Crippen molar-refractivity contribution in [3.8, 4) is 0 Å². The first-order valence-corrected chi connectivity index (χ1v) is 6.60. The molecule has 90 valence electrons. The predicted molar refractivity (Wildman–Crippen MR) is 65.1 cm³/mol. The Morgan fingerprint density at radius 3 is 2.67 bits per heavy atom. The van der Waals surface area contributed by atoms with E-state index in [2.05, 4.69) is 12.2 Å². The van der Waals surface area contributed by atoms with Crippen molar-refractivity contribution >= 4 is 0 Å². The van der Waals surface area contributed by atoms with Gasteiger partial charge in [0.25, 0.3) is 0 Å². The van der Waals surface area contributed by atoms with Gasteiger partial charge in [-0.05, 0) is 51.1 Å². The zero-order valence-corrected chi connectivity index (χ0v) is 10.4. The van der Waals surface area contributed by atoms with Gasteiger partial charge < -0.3 is 10.1 Å². The molecule has 15 heavy (non-hydrogen) atoms. The van der Waals surface area contributed by atoms with Gasteiger partial charge in [-0.15, -0.1) is 0 Å². The Morgan fingerprint density at radius 1 is 1.33 bits per heavy atom. The van der Waals surface area contributed by atoms with E-state index in [1.165, 1.54) is 58.0 Å². The van der Waals surface area contributed by atoms with Crippen molar-refractivity contribution < 1.29 is 4.74 Å². The van der Waals surface area contributed by atoms with Crippen LogP contribution in [-0.2, 0) is 4.74 Å². The number of ether oxygens (including phenoxy) is 1. The van der Waals surface area contributed by atoms with Crippen LogP contribution >= 0.6 is 0 Å². The standard InChI is InChI=1S/C13H27NO/c1-3-6-13(15-2)9-5-10-14-11-12-7-4-8-12/h12-14H,3-11H2,1-2H3/t13-/m0/s1. The van der Waals surface area contributed by atoms with E-state index in [1.807, 2.05) is 7.11 Å². The molecule has 0 spiro atoms. The van der Waals surface area contributed by atoms with Crippen LogP contribution in [0.1, 0.15) is 51.9 Å². The largest absolute Gasteiger partial charge is 0.381 e. The summed E-state index contributed by atoms with van der Waals surface area (Å²) in [7, 11) is 1.84. The molecule has 0 unspecified atom stereocenters. The molecule has 1 N–H and O–H groups in total. The maximum Gasteiger partial charge on any atom is 0.0571 e. The van der Waals surface area contributed by atoms with Crippen molar-refractivity contribution in [2.24, 2.45) is 5.92 Å². The first-order valence-electron chi connectivity index (χ1n) is 6.60. The molecule has 0 aliphatic heterocycles. The number of nitrogens with one attached hydrogen (secondary N) is 1. The van der Waals surface area contributed by atoms with Crippen LogP contribution < -0.4 is 5.32 Å². The summed E-state index contributed by atoms with van der Waals surface area (Å²) in [4.78, 5) is 0. The highest BCUT2D eigenvalue weighted by Gasteiger charge is 2.16. The van der Waals surface area contributed by atoms with Gasteiger partial charge in [-0.1, -0.05) is 19.8 Å². The van der Waals surface area contributed by atoms with E-state index in [4.69, 9.17) is 4.74 Å². The van der Waals surface area contributed by atoms with Crippen LogP contribution in [0.3, 0.4) is 0 Å². The maximum atomic E-state index is 5.42. The van der Waals surface area contributed by atoms with Gasteiger partial charge in [-0.2, -0.15) is 0 Å². The molecule has 0 amide bonds. The van der Waals surface area contributed by atoms with E-state index < -0.39 is 0 Å². The van der Waals surface area contributed by atoms with Crippen LogP contribution in [0.5, 0.6) is 0 Å². The maximum absolute atomic E-state index is 5.42. The fraction of sp³-hybridized carbons (Fsp3) is 1.00. The minimum atomic E-state index is 0.487. The van der Waals surface area contributed by atoms with Crippen molar-refractivity contribution in [3.63, 3.8) is 0 Å². The molecule has 1 saturated carbocycles. The van der Waals surface area contributed by atoms with Gasteiger partial charge in [0.05, 0.1) is 6.10 Å². The average molecular weight is 213 g/mol. The van der Waals surface area contributed by atoms with Gasteiger partial charge >= 0.3 is 0 Å². The lowest BCUT2D eigenvalue weighted by Gasteiger charge is -2.25. The lowest BCUT2D eigenvalue weighted by atomic mass is 9.85. The second-order valence-corrected chi connectivity index (χ2v) is 4.79. The molecule has 1 aliphatic rings. The first kappa shape index (κ1) is 13.0. The Bertz CT molecular complexity index is 145. The fourth-order valence-corrected chi connectivity index (χ4v) is 2.16. The molecule has 0 radical (unpaired) electrons. The lowest BCUT2D eigenvalue weighted by Crippen LogP contribution is -2.28. The zero-order chi connectivity index (χ0) is 10.9. The quantitative estimate of drug-likeness (QED) is 0.595. The molecular weight excluding hydrogens is 186 g/mol. The van der Waals surface area contributed by atoms with Crippen LogP contribution in [-0.4, -0.2) is 26.3 Å². The third-order valence-corrected chi connectivity index (χ3v) is 3.48. The Kier molecular flexibility index (Phi) is 7.03. The van der Waals surface area contributed by atoms with Crippen molar-refractivity contribution in [3.05, 3.63) is 0 Å². The SMILES string of the molecule is CCC[C@@H](CCCNCC1CCC1)OC. The van der Waals surface area contributed by atoms with Crippen molar-refractivity contribution in [1.29, 1.82) is 0 Å². The van der Waals surface area contributed by atoms with Crippen LogP contribution in [0.2, 0.25) is 0 Å². The fourth-order valence-electron chi connectivity index (χ4n) is 2.16. The van der Waals surface area contributed by atoms with Crippen LogP contribution in [0.15, 0.2) is 0 Å². The highest BCUT2D eigenvalue weighted by atomic mass is 16.5. The molecule has 1 atom stereocenters. The van der Waals surface area contributed by atoms with E-state index in [-0.39, 0.29) is 0 Å². The van der Waals surface area contributed by atoms with Gasteiger partial charge in [0.1, 0.15) is 0 Å². The van der Waals surface area contributed by atoms with Crippen LogP contribution in [0, 0.1) is 5.92 Å². The number of rotatable bonds is 9. The monoisotopic (exact) mass is 213 g/mol. The Morgan fingerprint density at radius 2 is 2.13 bits per heavy atom. The Balaban J connectivity index is 1.85. The minimum Gasteiger partial charge on any atom is -0.381 e. The third-order valence-electron chi connectivity index (χ3n) is 3.48. The molecule has 1 rings (SSSR count). The Labute approximate surface area is 94.8 Å². The van der Waals surface area contributed by atoms with Crippen molar-refractivity contribution in [2.75, 3.05) is 20.2 Å². The molecule has 2 heteroatoms. The van der Waals surface area contributed by atoms with Gasteiger partial charge in [-0.25, -0.2) is 0 Å². The highest BCUT2D eigenvalue weighted by Crippen LogP contribution is 2.25. The number of hydrogen-bond acceptors (Lipinski definition) is 2. The first-order chi connectivity index (χ1) is 7.36. The molecule has 0 aromatic carbocycles. The summed E-state index contributed by atoms with van der Waals surface area (Å²) in [6, 6.07) is 0. The van der Waals surface area contributed by atoms with Crippen molar-refractivity contribution in [2.45, 2.75) is 58.0 Å². The van der Waals surface area contributed by atoms with E-state index >= 15 is 0 Å². The summed E-state index contributed by atoms with van der Waals surface area (Å²) in [5.41, 5.74) is 0. The molecule has 0 aromatic heterocycles. The van der Waals surface area contributed by atoms with Crippen LogP contribution in [0.25, 0.3) is 0 Å². The molecule has 1 aliphatic carbocycles. The van der Waals surface area contributed by atoms with Gasteiger partial charge in [0, 0.05) is 7.11 Å². The van der Waals surface area contributed by atoms with E-state index in [0.717, 1.165) is 5.92 Å². The average Bonchev–Trinajstić information content (AvgIpc) is 2.18. The second-order valence-electron chi connectivity index (χ2n) is 4.79. The summed E-state index contributed by atoms with van der Waals surface area (Å²) in [6.07, 6.45) is 9.74. The van der Waals surface area contributed by atoms with E-state index in [0.29, 0.717) is 6.10 Å². The summed E-state index contributed by atoms with van der Waals surface area (Å²) in [5, 5.41) is 3.55.